The lowest BCUT2D eigenvalue weighted by Gasteiger charge is -2.16. The van der Waals surface area contributed by atoms with Crippen LogP contribution in [0.2, 0.25) is 0 Å². The maximum Gasteiger partial charge on any atom is 0.233 e. The van der Waals surface area contributed by atoms with E-state index in [0.717, 1.165) is 17.0 Å². The zero-order valence-electron chi connectivity index (χ0n) is 12.0. The lowest BCUT2D eigenvalue weighted by atomic mass is 9.94. The predicted molar refractivity (Wildman–Crippen MR) is 83.1 cm³/mol. The molecule has 0 aliphatic rings. The lowest BCUT2D eigenvalue weighted by molar-refractivity contribution is -0.122. The summed E-state index contributed by atoms with van der Waals surface area (Å²) in [5.74, 6) is 0.194. The van der Waals surface area contributed by atoms with Crippen molar-refractivity contribution in [2.75, 3.05) is 0 Å². The molecular formula is C18H16N2O2. The molecule has 1 N–H and O–H groups in total. The normalized spacial score (nSPS) is 11.8. The molecule has 22 heavy (non-hydrogen) atoms. The average Bonchev–Trinajstić information content (AvgIpc) is 3.09. The van der Waals surface area contributed by atoms with Gasteiger partial charge in [-0.15, -0.1) is 0 Å². The van der Waals surface area contributed by atoms with Gasteiger partial charge in [0.25, 0.3) is 0 Å². The Kier molecular flexibility index (Phi) is 4.30. The van der Waals surface area contributed by atoms with Gasteiger partial charge in [-0.25, -0.2) is 0 Å². The average molecular weight is 292 g/mol. The van der Waals surface area contributed by atoms with Gasteiger partial charge in [0.1, 0.15) is 11.7 Å². The number of furan rings is 1. The summed E-state index contributed by atoms with van der Waals surface area (Å²) in [4.78, 5) is 17.0. The minimum Gasteiger partial charge on any atom is -0.467 e. The van der Waals surface area contributed by atoms with Crippen molar-refractivity contribution < 1.29 is 9.21 Å². The van der Waals surface area contributed by atoms with E-state index < -0.39 is 5.92 Å². The van der Waals surface area contributed by atoms with Crippen LogP contribution in [0.15, 0.2) is 77.5 Å². The van der Waals surface area contributed by atoms with Crippen molar-refractivity contribution in [2.24, 2.45) is 0 Å². The number of benzene rings is 1. The molecule has 4 heteroatoms. The topological polar surface area (TPSA) is 55.1 Å². The van der Waals surface area contributed by atoms with Crippen molar-refractivity contribution in [2.45, 2.75) is 12.5 Å². The Labute approximate surface area is 128 Å². The van der Waals surface area contributed by atoms with Gasteiger partial charge < -0.3 is 9.73 Å². The fourth-order valence-electron chi connectivity index (χ4n) is 2.34. The highest BCUT2D eigenvalue weighted by atomic mass is 16.3. The monoisotopic (exact) mass is 292 g/mol. The molecule has 1 aromatic carbocycles. The number of hydrogen-bond donors (Lipinski definition) is 1. The van der Waals surface area contributed by atoms with Gasteiger partial charge in [-0.1, -0.05) is 36.4 Å². The fourth-order valence-corrected chi connectivity index (χ4v) is 2.34. The van der Waals surface area contributed by atoms with Gasteiger partial charge in [0.2, 0.25) is 5.91 Å². The molecule has 2 aromatic heterocycles. The Hall–Kier alpha value is -2.88. The Morgan fingerprint density at radius 3 is 2.55 bits per heavy atom. The van der Waals surface area contributed by atoms with Crippen LogP contribution in [0, 0.1) is 0 Å². The Morgan fingerprint density at radius 2 is 1.86 bits per heavy atom. The summed E-state index contributed by atoms with van der Waals surface area (Å²) in [5, 5.41) is 2.91. The van der Waals surface area contributed by atoms with Crippen molar-refractivity contribution in [3.05, 3.63) is 90.1 Å². The first-order valence-corrected chi connectivity index (χ1v) is 7.10. The van der Waals surface area contributed by atoms with Crippen LogP contribution in [0.25, 0.3) is 0 Å². The second-order valence-corrected chi connectivity index (χ2v) is 4.90. The highest BCUT2D eigenvalue weighted by Crippen LogP contribution is 2.23. The third-order valence-corrected chi connectivity index (χ3v) is 3.40. The molecule has 3 aromatic rings. The maximum absolute atomic E-state index is 12.6. The quantitative estimate of drug-likeness (QED) is 0.786. The van der Waals surface area contributed by atoms with Crippen LogP contribution in [0.5, 0.6) is 0 Å². The van der Waals surface area contributed by atoms with Crippen LogP contribution < -0.4 is 5.32 Å². The maximum atomic E-state index is 12.6. The van der Waals surface area contributed by atoms with Gasteiger partial charge in [0, 0.05) is 6.20 Å². The van der Waals surface area contributed by atoms with Crippen molar-refractivity contribution in [3.63, 3.8) is 0 Å². The highest BCUT2D eigenvalue weighted by Gasteiger charge is 2.23. The van der Waals surface area contributed by atoms with Crippen molar-refractivity contribution in [1.82, 2.24) is 10.3 Å². The van der Waals surface area contributed by atoms with Crippen LogP contribution in [-0.4, -0.2) is 10.9 Å². The molecule has 0 fully saturated rings. The first-order valence-electron chi connectivity index (χ1n) is 7.10. The third-order valence-electron chi connectivity index (χ3n) is 3.40. The minimum absolute atomic E-state index is 0.0960. The number of carbonyl (C=O) groups excluding carboxylic acids is 1. The standard InChI is InChI=1S/C18H16N2O2/c21-18(20-13-15-9-6-12-22-15)17(14-7-2-1-3-8-14)16-10-4-5-11-19-16/h1-12,17H,13H2,(H,20,21). The molecule has 1 atom stereocenters. The summed E-state index contributed by atoms with van der Waals surface area (Å²) in [6, 6.07) is 18.9. The minimum atomic E-state index is -0.433. The number of nitrogens with zero attached hydrogens (tertiary/aromatic N) is 1. The van der Waals surface area contributed by atoms with Gasteiger partial charge in [-0.05, 0) is 29.8 Å². The van der Waals surface area contributed by atoms with Gasteiger partial charge in [-0.3, -0.25) is 9.78 Å². The molecule has 1 amide bonds. The number of nitrogens with one attached hydrogen (secondary N) is 1. The number of rotatable bonds is 5. The summed E-state index contributed by atoms with van der Waals surface area (Å²) in [6.07, 6.45) is 3.29. The Bertz CT molecular complexity index is 670. The number of carbonyl (C=O) groups is 1. The fraction of sp³-hybridized carbons (Fsp3) is 0.111. The molecule has 0 aliphatic carbocycles. The lowest BCUT2D eigenvalue weighted by Crippen LogP contribution is -2.30. The molecular weight excluding hydrogens is 276 g/mol. The van der Waals surface area contributed by atoms with Crippen molar-refractivity contribution in [3.8, 4) is 0 Å². The van der Waals surface area contributed by atoms with Crippen LogP contribution in [0.4, 0.5) is 0 Å². The van der Waals surface area contributed by atoms with Gasteiger partial charge >= 0.3 is 0 Å². The molecule has 0 radical (unpaired) electrons. The molecule has 0 spiro atoms. The van der Waals surface area contributed by atoms with Crippen LogP contribution in [0.1, 0.15) is 22.9 Å². The SMILES string of the molecule is O=C(NCc1ccco1)C(c1ccccc1)c1ccccn1. The third kappa shape index (κ3) is 3.23. The second kappa shape index (κ2) is 6.72. The van der Waals surface area contributed by atoms with E-state index in [1.54, 1.807) is 18.5 Å². The van der Waals surface area contributed by atoms with Gasteiger partial charge in [-0.2, -0.15) is 0 Å². The predicted octanol–water partition coefficient (Wildman–Crippen LogP) is 3.12. The van der Waals surface area contributed by atoms with E-state index in [0.29, 0.717) is 6.54 Å². The first kappa shape index (κ1) is 14.1. The zero-order valence-corrected chi connectivity index (χ0v) is 12.0. The van der Waals surface area contributed by atoms with Crippen LogP contribution in [0.3, 0.4) is 0 Å². The summed E-state index contributed by atoms with van der Waals surface area (Å²) in [7, 11) is 0. The van der Waals surface area contributed by atoms with Crippen LogP contribution in [-0.2, 0) is 11.3 Å². The van der Waals surface area contributed by atoms with E-state index in [1.165, 1.54) is 0 Å². The Morgan fingerprint density at radius 1 is 1.05 bits per heavy atom. The highest BCUT2D eigenvalue weighted by molar-refractivity contribution is 5.86. The molecule has 0 saturated carbocycles. The first-order chi connectivity index (χ1) is 10.8. The molecule has 0 bridgehead atoms. The van der Waals surface area contributed by atoms with Crippen molar-refractivity contribution >= 4 is 5.91 Å². The smallest absolute Gasteiger partial charge is 0.233 e. The molecule has 2 heterocycles. The molecule has 1 unspecified atom stereocenters. The largest absolute Gasteiger partial charge is 0.467 e. The van der Waals surface area contributed by atoms with Crippen LogP contribution >= 0.6 is 0 Å². The van der Waals surface area contributed by atoms with Crippen molar-refractivity contribution in [1.29, 1.82) is 0 Å². The van der Waals surface area contributed by atoms with Gasteiger partial charge in [0.15, 0.2) is 0 Å². The van der Waals surface area contributed by atoms with E-state index in [4.69, 9.17) is 4.42 Å². The van der Waals surface area contributed by atoms with E-state index in [1.807, 2.05) is 54.6 Å². The zero-order chi connectivity index (χ0) is 15.2. The molecule has 3 rings (SSSR count). The van der Waals surface area contributed by atoms with Gasteiger partial charge in [0.05, 0.1) is 18.5 Å². The second-order valence-electron chi connectivity index (χ2n) is 4.90. The number of amides is 1. The molecule has 4 nitrogen and oxygen atoms in total. The van der Waals surface area contributed by atoms with E-state index >= 15 is 0 Å². The number of hydrogen-bond acceptors (Lipinski definition) is 3. The molecule has 0 saturated heterocycles. The number of pyridine rings is 1. The Balaban J connectivity index is 1.83. The summed E-state index contributed by atoms with van der Waals surface area (Å²) >= 11 is 0. The number of aromatic nitrogens is 1. The summed E-state index contributed by atoms with van der Waals surface area (Å²) in [6.45, 7) is 0.363. The molecule has 110 valence electrons. The summed E-state index contributed by atoms with van der Waals surface area (Å²) < 4.78 is 5.24. The molecule has 0 aliphatic heterocycles. The van der Waals surface area contributed by atoms with E-state index in [9.17, 15) is 4.79 Å². The van der Waals surface area contributed by atoms with E-state index in [2.05, 4.69) is 10.3 Å². The summed E-state index contributed by atoms with van der Waals surface area (Å²) in [5.41, 5.74) is 1.64. The van der Waals surface area contributed by atoms with E-state index in [-0.39, 0.29) is 5.91 Å².